The van der Waals surface area contributed by atoms with Gasteiger partial charge in [-0.05, 0) is 43.9 Å². The van der Waals surface area contributed by atoms with Gasteiger partial charge in [0.2, 0.25) is 5.79 Å². The molecule has 3 rings (SSSR count). The van der Waals surface area contributed by atoms with Crippen LogP contribution in [0.3, 0.4) is 0 Å². The highest BCUT2D eigenvalue weighted by molar-refractivity contribution is 5.92. The van der Waals surface area contributed by atoms with E-state index in [-0.39, 0.29) is 11.4 Å². The molecule has 0 aromatic rings. The molecule has 0 aromatic heterocycles. The molecule has 0 spiro atoms. The molecule has 0 bridgehead atoms. The van der Waals surface area contributed by atoms with Crippen LogP contribution < -0.4 is 0 Å². The van der Waals surface area contributed by atoms with E-state index in [1.54, 1.807) is 6.92 Å². The summed E-state index contributed by atoms with van der Waals surface area (Å²) in [7, 11) is 0. The number of esters is 1. The number of aliphatic hydroxyl groups is 1. The second kappa shape index (κ2) is 3.47. The molecule has 0 radical (unpaired) electrons. The molecule has 1 heterocycles. The summed E-state index contributed by atoms with van der Waals surface area (Å²) >= 11 is 0. The normalized spacial score (nSPS) is 43.6. The predicted molar refractivity (Wildman–Crippen MR) is 67.6 cm³/mol. The van der Waals surface area contributed by atoms with Gasteiger partial charge in [0.15, 0.2) is 0 Å². The molecule has 3 atom stereocenters. The van der Waals surface area contributed by atoms with Crippen molar-refractivity contribution in [2.75, 3.05) is 0 Å². The molecule has 1 unspecified atom stereocenters. The van der Waals surface area contributed by atoms with Crippen LogP contribution in [0.25, 0.3) is 0 Å². The Morgan fingerprint density at radius 3 is 2.94 bits per heavy atom. The molecule has 1 N–H and O–H groups in total. The summed E-state index contributed by atoms with van der Waals surface area (Å²) in [5, 5.41) is 10.6. The molecule has 2 saturated carbocycles. The van der Waals surface area contributed by atoms with Gasteiger partial charge in [-0.25, -0.2) is 4.79 Å². The van der Waals surface area contributed by atoms with Crippen molar-refractivity contribution >= 4 is 5.97 Å². The van der Waals surface area contributed by atoms with E-state index in [1.165, 1.54) is 5.57 Å². The molecule has 0 amide bonds. The Bertz CT molecular complexity index is 476. The minimum atomic E-state index is -1.34. The fourth-order valence-corrected chi connectivity index (χ4v) is 4.08. The van der Waals surface area contributed by atoms with Crippen LogP contribution in [-0.2, 0) is 9.53 Å². The van der Waals surface area contributed by atoms with E-state index in [2.05, 4.69) is 13.5 Å². The van der Waals surface area contributed by atoms with Crippen molar-refractivity contribution in [2.45, 2.75) is 51.7 Å². The van der Waals surface area contributed by atoms with Crippen LogP contribution in [0.1, 0.15) is 46.0 Å². The zero-order valence-electron chi connectivity index (χ0n) is 11.1. The first-order valence-corrected chi connectivity index (χ1v) is 6.69. The van der Waals surface area contributed by atoms with Gasteiger partial charge in [0.25, 0.3) is 0 Å². The molecular weight excluding hydrogens is 228 g/mol. The second-order valence-corrected chi connectivity index (χ2v) is 6.38. The third-order valence-electron chi connectivity index (χ3n) is 5.12. The van der Waals surface area contributed by atoms with E-state index in [9.17, 15) is 9.90 Å². The molecular formula is C15H20O3. The topological polar surface area (TPSA) is 46.5 Å². The quantitative estimate of drug-likeness (QED) is 0.529. The van der Waals surface area contributed by atoms with Crippen molar-refractivity contribution in [1.29, 1.82) is 0 Å². The molecule has 3 heteroatoms. The van der Waals surface area contributed by atoms with Crippen LogP contribution in [-0.4, -0.2) is 16.9 Å². The maximum Gasteiger partial charge on any atom is 0.336 e. The van der Waals surface area contributed by atoms with Crippen molar-refractivity contribution in [1.82, 2.24) is 0 Å². The summed E-state index contributed by atoms with van der Waals surface area (Å²) in [4.78, 5) is 11.7. The van der Waals surface area contributed by atoms with E-state index >= 15 is 0 Å². The molecule has 18 heavy (non-hydrogen) atoms. The molecule has 1 aliphatic heterocycles. The average molecular weight is 248 g/mol. The van der Waals surface area contributed by atoms with Gasteiger partial charge in [-0.3, -0.25) is 0 Å². The van der Waals surface area contributed by atoms with E-state index in [0.29, 0.717) is 17.9 Å². The molecule has 0 saturated heterocycles. The number of rotatable bonds is 0. The highest BCUT2D eigenvalue weighted by atomic mass is 16.7. The summed E-state index contributed by atoms with van der Waals surface area (Å²) in [5.74, 6) is -1.32. The Kier molecular flexibility index (Phi) is 2.31. The number of ether oxygens (including phenoxy) is 1. The van der Waals surface area contributed by atoms with Crippen molar-refractivity contribution in [2.24, 2.45) is 11.3 Å². The van der Waals surface area contributed by atoms with E-state index in [1.807, 2.05) is 0 Å². The molecule has 98 valence electrons. The van der Waals surface area contributed by atoms with Crippen LogP contribution in [0.5, 0.6) is 0 Å². The Balaban J connectivity index is 2.04. The molecule has 2 aliphatic carbocycles. The lowest BCUT2D eigenvalue weighted by Crippen LogP contribution is -2.48. The first kappa shape index (κ1) is 12.0. The minimum absolute atomic E-state index is 0.0124. The molecule has 3 nitrogen and oxygen atoms in total. The summed E-state index contributed by atoms with van der Waals surface area (Å²) < 4.78 is 5.23. The third kappa shape index (κ3) is 1.43. The lowest BCUT2D eigenvalue weighted by molar-refractivity contribution is -0.203. The smallest absolute Gasteiger partial charge is 0.336 e. The zero-order valence-corrected chi connectivity index (χ0v) is 11.1. The number of fused-ring (bicyclic) bond motifs is 2. The summed E-state index contributed by atoms with van der Waals surface area (Å²) in [6.45, 7) is 8.14. The molecule has 3 aliphatic rings. The lowest BCUT2D eigenvalue weighted by Gasteiger charge is -2.50. The summed E-state index contributed by atoms with van der Waals surface area (Å²) in [5.41, 5.74) is 2.67. The highest BCUT2D eigenvalue weighted by Crippen LogP contribution is 2.58. The monoisotopic (exact) mass is 248 g/mol. The zero-order chi connectivity index (χ0) is 13.1. The third-order valence-corrected chi connectivity index (χ3v) is 5.12. The van der Waals surface area contributed by atoms with E-state index in [4.69, 9.17) is 4.74 Å². The number of hydrogen-bond acceptors (Lipinski definition) is 3. The number of allylic oxidation sites excluding steroid dienone is 1. The van der Waals surface area contributed by atoms with Crippen molar-refractivity contribution in [3.8, 4) is 0 Å². The Morgan fingerprint density at radius 1 is 1.50 bits per heavy atom. The minimum Gasteiger partial charge on any atom is -0.426 e. The van der Waals surface area contributed by atoms with Crippen LogP contribution in [0.4, 0.5) is 0 Å². The van der Waals surface area contributed by atoms with Crippen molar-refractivity contribution in [3.05, 3.63) is 23.3 Å². The van der Waals surface area contributed by atoms with Crippen LogP contribution >= 0.6 is 0 Å². The van der Waals surface area contributed by atoms with Gasteiger partial charge in [-0.2, -0.15) is 0 Å². The first-order valence-electron chi connectivity index (χ1n) is 6.69. The molecule has 0 aromatic carbocycles. The standard InChI is InChI=1S/C15H20O3/c1-9-5-4-6-14(3)8-15(17)12(7-11(9)14)10(2)13(16)18-15/h11,17H,1,4-8H2,2-3H3/t11?,14-,15+/m1/s1. The van der Waals surface area contributed by atoms with Crippen molar-refractivity contribution < 1.29 is 14.6 Å². The average Bonchev–Trinajstić information content (AvgIpc) is 2.46. The van der Waals surface area contributed by atoms with Gasteiger partial charge in [-0.1, -0.05) is 19.1 Å². The van der Waals surface area contributed by atoms with Gasteiger partial charge in [0.05, 0.1) is 0 Å². The van der Waals surface area contributed by atoms with E-state index in [0.717, 1.165) is 31.3 Å². The van der Waals surface area contributed by atoms with E-state index < -0.39 is 5.79 Å². The van der Waals surface area contributed by atoms with Gasteiger partial charge < -0.3 is 9.84 Å². The van der Waals surface area contributed by atoms with Crippen LogP contribution in [0.15, 0.2) is 23.3 Å². The van der Waals surface area contributed by atoms with Gasteiger partial charge in [0.1, 0.15) is 0 Å². The maximum absolute atomic E-state index is 11.7. The number of hydrogen-bond donors (Lipinski definition) is 1. The van der Waals surface area contributed by atoms with Gasteiger partial charge >= 0.3 is 5.97 Å². The summed E-state index contributed by atoms with van der Waals surface area (Å²) in [6, 6.07) is 0. The SMILES string of the molecule is C=C1CCC[C@]2(C)C[C@]3(O)OC(=O)C(C)=C3CC12. The highest BCUT2D eigenvalue weighted by Gasteiger charge is 2.56. The van der Waals surface area contributed by atoms with Crippen LogP contribution in [0.2, 0.25) is 0 Å². The van der Waals surface area contributed by atoms with Gasteiger partial charge in [0, 0.05) is 17.6 Å². The summed E-state index contributed by atoms with van der Waals surface area (Å²) in [6.07, 6.45) is 4.50. The Morgan fingerprint density at radius 2 is 2.22 bits per heavy atom. The Labute approximate surface area is 108 Å². The second-order valence-electron chi connectivity index (χ2n) is 6.38. The predicted octanol–water partition coefficient (Wildman–Crippen LogP) is 2.70. The van der Waals surface area contributed by atoms with Crippen molar-refractivity contribution in [3.63, 3.8) is 0 Å². The number of carbonyl (C=O) groups excluding carboxylic acids is 1. The first-order chi connectivity index (χ1) is 8.36. The van der Waals surface area contributed by atoms with Crippen LogP contribution in [0, 0.1) is 11.3 Å². The van der Waals surface area contributed by atoms with Gasteiger partial charge in [-0.15, -0.1) is 0 Å². The maximum atomic E-state index is 11.7. The molecule has 2 fully saturated rings. The lowest BCUT2D eigenvalue weighted by atomic mass is 9.56. The Hall–Kier alpha value is -1.09. The number of carbonyl (C=O) groups is 1. The fraction of sp³-hybridized carbons (Fsp3) is 0.667. The largest absolute Gasteiger partial charge is 0.426 e. The fourth-order valence-electron chi connectivity index (χ4n) is 4.08.